The minimum Gasteiger partial charge on any atom is -0.355 e. The van der Waals surface area contributed by atoms with Gasteiger partial charge in [-0.15, -0.1) is 24.0 Å². The Morgan fingerprint density at radius 3 is 2.78 bits per heavy atom. The highest BCUT2D eigenvalue weighted by Gasteiger charge is 2.33. The van der Waals surface area contributed by atoms with Gasteiger partial charge in [-0.3, -0.25) is 4.99 Å². The zero-order chi connectivity index (χ0) is 19.3. The van der Waals surface area contributed by atoms with Crippen LogP contribution in [0.1, 0.15) is 18.9 Å². The molecule has 2 heterocycles. The first-order valence-corrected chi connectivity index (χ1v) is 9.88. The van der Waals surface area contributed by atoms with Crippen molar-refractivity contribution in [1.29, 1.82) is 0 Å². The fourth-order valence-electron chi connectivity index (χ4n) is 2.60. The second kappa shape index (κ2) is 10.8. The number of anilines is 1. The summed E-state index contributed by atoms with van der Waals surface area (Å²) in [6.45, 7) is 4.18. The van der Waals surface area contributed by atoms with Crippen LogP contribution in [0.15, 0.2) is 17.3 Å². The van der Waals surface area contributed by atoms with Crippen molar-refractivity contribution in [2.24, 2.45) is 4.99 Å². The average molecular weight is 538 g/mol. The summed E-state index contributed by atoms with van der Waals surface area (Å²) >= 11 is 7.80. The number of aliphatic imine (C=N–C) groups is 1. The van der Waals surface area contributed by atoms with Gasteiger partial charge < -0.3 is 15.5 Å². The van der Waals surface area contributed by atoms with Gasteiger partial charge in [0.25, 0.3) is 0 Å². The number of hydrogen-bond acceptors (Lipinski definition) is 4. The molecule has 1 aromatic rings. The van der Waals surface area contributed by atoms with Gasteiger partial charge in [-0.1, -0.05) is 18.5 Å². The molecular weight excluding hydrogens is 514 g/mol. The molecule has 0 aromatic carbocycles. The average Bonchev–Trinajstić information content (AvgIpc) is 3.05. The van der Waals surface area contributed by atoms with E-state index in [0.717, 1.165) is 25.2 Å². The zero-order valence-electron chi connectivity index (χ0n) is 15.3. The number of hydrogen-bond donors (Lipinski definition) is 2. The Balaban J connectivity index is 0.00000364. The monoisotopic (exact) mass is 537 g/mol. The van der Waals surface area contributed by atoms with Gasteiger partial charge in [0.05, 0.1) is 10.6 Å². The van der Waals surface area contributed by atoms with Gasteiger partial charge in [-0.05, 0) is 18.7 Å². The standard InChI is InChI=1S/C16H23ClF3N5S.HI/c1-10(26-3)7-23-15(21-2)24-12-4-5-25(9-12)14-13(17)6-11(8-22-14)16(18,19)20;/h6,8,10,12H,4-5,7,9H2,1-3H3,(H2,21,23,24);1H. The molecule has 2 unspecified atom stereocenters. The lowest BCUT2D eigenvalue weighted by atomic mass is 10.2. The van der Waals surface area contributed by atoms with Crippen molar-refractivity contribution >= 4 is 59.1 Å². The molecule has 1 fully saturated rings. The van der Waals surface area contributed by atoms with E-state index < -0.39 is 11.7 Å². The molecule has 1 saturated heterocycles. The number of nitrogens with zero attached hydrogens (tertiary/aromatic N) is 3. The molecule has 11 heteroatoms. The minimum absolute atomic E-state index is 0. The fraction of sp³-hybridized carbons (Fsp3) is 0.625. The van der Waals surface area contributed by atoms with Gasteiger partial charge in [0.15, 0.2) is 5.96 Å². The second-order valence-electron chi connectivity index (χ2n) is 6.10. The Labute approximate surface area is 183 Å². The van der Waals surface area contributed by atoms with Crippen LogP contribution in [-0.2, 0) is 6.18 Å². The van der Waals surface area contributed by atoms with Crippen LogP contribution in [0, 0.1) is 0 Å². The van der Waals surface area contributed by atoms with Gasteiger partial charge in [-0.2, -0.15) is 24.9 Å². The van der Waals surface area contributed by atoms with E-state index in [1.54, 1.807) is 18.8 Å². The third-order valence-electron chi connectivity index (χ3n) is 4.16. The Morgan fingerprint density at radius 1 is 1.52 bits per heavy atom. The first kappa shape index (κ1) is 24.4. The predicted octanol–water partition coefficient (Wildman–Crippen LogP) is 3.87. The second-order valence-corrected chi connectivity index (χ2v) is 7.79. The van der Waals surface area contributed by atoms with Crippen molar-refractivity contribution in [2.75, 3.05) is 37.8 Å². The summed E-state index contributed by atoms with van der Waals surface area (Å²) in [5, 5.41) is 7.08. The third-order valence-corrected chi connectivity index (χ3v) is 5.41. The Bertz CT molecular complexity index is 647. The van der Waals surface area contributed by atoms with Crippen LogP contribution in [0.4, 0.5) is 19.0 Å². The summed E-state index contributed by atoms with van der Waals surface area (Å²) in [6, 6.07) is 1.04. The molecule has 1 aliphatic heterocycles. The highest BCUT2D eigenvalue weighted by atomic mass is 127. The van der Waals surface area contributed by atoms with Crippen LogP contribution in [0.2, 0.25) is 5.02 Å². The van der Waals surface area contributed by atoms with Gasteiger partial charge in [0.1, 0.15) is 5.82 Å². The molecule has 0 radical (unpaired) electrons. The lowest BCUT2D eigenvalue weighted by molar-refractivity contribution is -0.137. The van der Waals surface area contributed by atoms with Crippen molar-refractivity contribution < 1.29 is 13.2 Å². The molecule has 154 valence electrons. The molecule has 2 atom stereocenters. The number of guanidine groups is 1. The Morgan fingerprint density at radius 2 is 2.22 bits per heavy atom. The molecule has 0 aliphatic carbocycles. The van der Waals surface area contributed by atoms with E-state index in [9.17, 15) is 13.2 Å². The highest BCUT2D eigenvalue weighted by Crippen LogP contribution is 2.34. The Kier molecular flexibility index (Phi) is 9.76. The molecule has 0 amide bonds. The number of aromatic nitrogens is 1. The fourth-order valence-corrected chi connectivity index (χ4v) is 3.14. The number of nitrogens with one attached hydrogen (secondary N) is 2. The maximum atomic E-state index is 12.7. The number of halogens is 5. The van der Waals surface area contributed by atoms with E-state index >= 15 is 0 Å². The van der Waals surface area contributed by atoms with Crippen LogP contribution < -0.4 is 15.5 Å². The Hall–Kier alpha value is -0.620. The maximum Gasteiger partial charge on any atom is 0.417 e. The summed E-state index contributed by atoms with van der Waals surface area (Å²) in [5.74, 6) is 1.09. The van der Waals surface area contributed by atoms with Crippen molar-refractivity contribution in [3.8, 4) is 0 Å². The minimum atomic E-state index is -4.45. The quantitative estimate of drug-likeness (QED) is 0.339. The van der Waals surface area contributed by atoms with E-state index in [0.29, 0.717) is 30.1 Å². The molecule has 2 N–H and O–H groups in total. The van der Waals surface area contributed by atoms with Crippen LogP contribution in [0.3, 0.4) is 0 Å². The summed E-state index contributed by atoms with van der Waals surface area (Å²) in [5.41, 5.74) is -0.840. The van der Waals surface area contributed by atoms with E-state index in [1.807, 2.05) is 4.90 Å². The molecule has 0 bridgehead atoms. The van der Waals surface area contributed by atoms with E-state index in [-0.39, 0.29) is 35.0 Å². The predicted molar refractivity (Wildman–Crippen MR) is 118 cm³/mol. The normalized spacial score (nSPS) is 18.9. The van der Waals surface area contributed by atoms with Crippen LogP contribution in [0.25, 0.3) is 0 Å². The summed E-state index contributed by atoms with van der Waals surface area (Å²) in [6.07, 6.45) is -0.751. The van der Waals surface area contributed by atoms with E-state index in [4.69, 9.17) is 11.6 Å². The number of pyridine rings is 1. The van der Waals surface area contributed by atoms with Crippen LogP contribution in [0.5, 0.6) is 0 Å². The smallest absolute Gasteiger partial charge is 0.355 e. The lowest BCUT2D eigenvalue weighted by Crippen LogP contribution is -2.46. The van der Waals surface area contributed by atoms with Gasteiger partial charge >= 0.3 is 6.18 Å². The number of thioether (sulfide) groups is 1. The SMILES string of the molecule is CN=C(NCC(C)SC)NC1CCN(c2ncc(C(F)(F)F)cc2Cl)C1.I. The molecule has 1 aliphatic rings. The first-order valence-electron chi connectivity index (χ1n) is 8.22. The molecular formula is C16H24ClF3IN5S. The van der Waals surface area contributed by atoms with Crippen molar-refractivity contribution in [1.82, 2.24) is 15.6 Å². The summed E-state index contributed by atoms with van der Waals surface area (Å²) < 4.78 is 38.2. The van der Waals surface area contributed by atoms with Crippen LogP contribution in [-0.4, -0.2) is 55.2 Å². The van der Waals surface area contributed by atoms with Crippen LogP contribution >= 0.6 is 47.3 Å². The van der Waals surface area contributed by atoms with E-state index in [1.165, 1.54) is 0 Å². The first-order chi connectivity index (χ1) is 12.2. The molecule has 5 nitrogen and oxygen atoms in total. The van der Waals surface area contributed by atoms with Gasteiger partial charge in [-0.25, -0.2) is 4.98 Å². The number of rotatable bonds is 5. The summed E-state index contributed by atoms with van der Waals surface area (Å²) in [4.78, 5) is 10.0. The summed E-state index contributed by atoms with van der Waals surface area (Å²) in [7, 11) is 1.71. The van der Waals surface area contributed by atoms with E-state index in [2.05, 4.69) is 33.8 Å². The highest BCUT2D eigenvalue weighted by molar-refractivity contribution is 14.0. The maximum absolute atomic E-state index is 12.7. The lowest BCUT2D eigenvalue weighted by Gasteiger charge is -2.21. The number of alkyl halides is 3. The largest absolute Gasteiger partial charge is 0.417 e. The van der Waals surface area contributed by atoms with Gasteiger partial charge in [0, 0.05) is 44.2 Å². The van der Waals surface area contributed by atoms with Crippen molar-refractivity contribution in [2.45, 2.75) is 30.8 Å². The third kappa shape index (κ3) is 7.04. The van der Waals surface area contributed by atoms with Crippen molar-refractivity contribution in [3.05, 3.63) is 22.8 Å². The molecule has 2 rings (SSSR count). The van der Waals surface area contributed by atoms with Crippen molar-refractivity contribution in [3.63, 3.8) is 0 Å². The zero-order valence-corrected chi connectivity index (χ0v) is 19.2. The molecule has 27 heavy (non-hydrogen) atoms. The topological polar surface area (TPSA) is 52.6 Å². The molecule has 0 spiro atoms. The molecule has 0 saturated carbocycles. The molecule has 1 aromatic heterocycles. The van der Waals surface area contributed by atoms with Gasteiger partial charge in [0.2, 0.25) is 0 Å².